The molecule has 23 heteroatoms. The number of halogens is 17. The van der Waals surface area contributed by atoms with Crippen LogP contribution in [0.15, 0.2) is 0 Å². The molecule has 0 amide bonds. The molecule has 4 nitrogen and oxygen atoms in total. The maximum Gasteiger partial charge on any atom is 0.460 e. The zero-order valence-corrected chi connectivity index (χ0v) is 22.3. The monoisotopic (exact) mass is 688 g/mol. The van der Waals surface area contributed by atoms with E-state index in [0.29, 0.717) is 16.7 Å². The van der Waals surface area contributed by atoms with Crippen molar-refractivity contribution in [2.75, 3.05) is 18.3 Å². The Morgan fingerprint density at radius 3 is 1.24 bits per heavy atom. The smallest absolute Gasteiger partial charge is 0.460 e. The van der Waals surface area contributed by atoms with Crippen LogP contribution in [0.5, 0.6) is 0 Å². The molecule has 0 aromatic heterocycles. The number of carbonyl (C=O) groups excluding carboxylic acids is 1. The van der Waals surface area contributed by atoms with Gasteiger partial charge in [0.05, 0.1) is 12.5 Å². The van der Waals surface area contributed by atoms with E-state index in [1.54, 1.807) is 0 Å². The number of rotatable bonds is 14. The fourth-order valence-corrected chi connectivity index (χ4v) is 3.68. The number of hydrogen-bond acceptors (Lipinski definition) is 4. The highest BCUT2D eigenvalue weighted by atomic mass is 32.2. The predicted molar refractivity (Wildman–Crippen MR) is 108 cm³/mol. The largest absolute Gasteiger partial charge is 0.743 e. The van der Waals surface area contributed by atoms with Crippen molar-refractivity contribution in [3.05, 3.63) is 0 Å². The maximum atomic E-state index is 13.0. The summed E-state index contributed by atoms with van der Waals surface area (Å²) in [6.07, 6.45) is 2.03. The van der Waals surface area contributed by atoms with Gasteiger partial charge in [-0.05, 0) is 17.3 Å². The molecule has 0 aliphatic rings. The van der Waals surface area contributed by atoms with Gasteiger partial charge in [-0.25, -0.2) is 8.42 Å². The lowest BCUT2D eigenvalue weighted by molar-refractivity contribution is -0.458. The quantitative estimate of drug-likeness (QED) is 0.0862. The Bertz CT molecular complexity index is 976. The van der Waals surface area contributed by atoms with Crippen LogP contribution < -0.4 is 0 Å². The van der Waals surface area contributed by atoms with Crippen LogP contribution in [0.1, 0.15) is 39.0 Å². The molecule has 0 N–H and O–H groups in total. The molecule has 0 atom stereocenters. The van der Waals surface area contributed by atoms with E-state index in [1.165, 1.54) is 19.3 Å². The summed E-state index contributed by atoms with van der Waals surface area (Å²) >= 11 is 0. The van der Waals surface area contributed by atoms with Gasteiger partial charge in [-0.3, -0.25) is 4.79 Å². The van der Waals surface area contributed by atoms with Crippen LogP contribution in [0.25, 0.3) is 0 Å². The van der Waals surface area contributed by atoms with Crippen LogP contribution >= 0.6 is 0 Å². The Balaban J connectivity index is 0. The van der Waals surface area contributed by atoms with E-state index in [1.807, 2.05) is 0 Å². The second kappa shape index (κ2) is 13.2. The Morgan fingerprint density at radius 2 is 0.951 bits per heavy atom. The van der Waals surface area contributed by atoms with Gasteiger partial charge in [0.2, 0.25) is 0 Å². The summed E-state index contributed by atoms with van der Waals surface area (Å²) in [5.74, 6) is -50.9. The highest BCUT2D eigenvalue weighted by molar-refractivity contribution is 7.96. The summed E-state index contributed by atoms with van der Waals surface area (Å²) in [6.45, 7) is 2.19. The van der Waals surface area contributed by atoms with Gasteiger partial charge in [0.25, 0.3) is 0 Å². The predicted octanol–water partition coefficient (Wildman–Crippen LogP) is 6.90. The number of alkyl halides is 17. The summed E-state index contributed by atoms with van der Waals surface area (Å²) in [6, 6.07) is 0. The van der Waals surface area contributed by atoms with Crippen LogP contribution in [0.3, 0.4) is 0 Å². The molecule has 0 heterocycles. The topological polar surface area (TPSA) is 74.3 Å². The van der Waals surface area contributed by atoms with E-state index in [0.717, 1.165) is 18.6 Å². The summed E-state index contributed by atoms with van der Waals surface area (Å²) in [4.78, 5) is 11.2. The van der Waals surface area contributed by atoms with E-state index < -0.39 is 57.1 Å². The molecule has 0 rings (SSSR count). The van der Waals surface area contributed by atoms with Gasteiger partial charge < -0.3 is 4.55 Å². The number of unbranched alkanes of at least 4 members (excludes halogenated alkanes) is 3. The fourth-order valence-electron chi connectivity index (χ4n) is 2.45. The zero-order valence-electron chi connectivity index (χ0n) is 20.6. The van der Waals surface area contributed by atoms with Crippen LogP contribution in [-0.4, -0.2) is 84.0 Å². The number of carbonyl (C=O) groups is 1. The van der Waals surface area contributed by atoms with Gasteiger partial charge in [0, 0.05) is 6.42 Å². The summed E-state index contributed by atoms with van der Waals surface area (Å²) in [5, 5.41) is -7.95. The summed E-state index contributed by atoms with van der Waals surface area (Å²) < 4.78 is 244. The maximum absolute atomic E-state index is 13.0. The minimum Gasteiger partial charge on any atom is -0.743 e. The number of ketones is 1. The highest BCUT2D eigenvalue weighted by Crippen LogP contribution is 2.64. The van der Waals surface area contributed by atoms with Gasteiger partial charge in [-0.1, -0.05) is 26.2 Å². The molecule has 0 aromatic rings. The summed E-state index contributed by atoms with van der Waals surface area (Å²) in [7, 11) is -7.85. The Hall–Kier alpha value is -1.26. The third-order valence-electron chi connectivity index (χ3n) is 4.77. The van der Waals surface area contributed by atoms with E-state index in [2.05, 4.69) is 19.4 Å². The van der Waals surface area contributed by atoms with Crippen molar-refractivity contribution in [1.29, 1.82) is 0 Å². The minimum atomic E-state index is -8.92. The van der Waals surface area contributed by atoms with Crippen molar-refractivity contribution in [3.8, 4) is 0 Å². The van der Waals surface area contributed by atoms with Crippen molar-refractivity contribution in [2.24, 2.45) is 0 Å². The lowest BCUT2D eigenvalue weighted by atomic mass is 9.91. The normalized spacial score (nSPS) is 15.1. The van der Waals surface area contributed by atoms with Gasteiger partial charge >= 0.3 is 47.0 Å². The molecule has 0 spiro atoms. The van der Waals surface area contributed by atoms with E-state index >= 15 is 0 Å². The van der Waals surface area contributed by atoms with Crippen molar-refractivity contribution in [1.82, 2.24) is 0 Å². The molecule has 0 saturated carbocycles. The van der Waals surface area contributed by atoms with Crippen molar-refractivity contribution in [3.63, 3.8) is 0 Å². The minimum absolute atomic E-state index is 0.298. The first-order valence-electron chi connectivity index (χ1n) is 10.4. The molecule has 0 aliphatic carbocycles. The molecule has 0 fully saturated rings. The fraction of sp³-hybridized carbons (Fsp3) is 0.944. The summed E-state index contributed by atoms with van der Waals surface area (Å²) in [5.41, 5.74) is 0. The third-order valence-corrected chi connectivity index (χ3v) is 6.55. The van der Waals surface area contributed by atoms with Crippen molar-refractivity contribution < 1.29 is 92.4 Å². The molecule has 0 aromatic carbocycles. The second-order valence-corrected chi connectivity index (χ2v) is 12.1. The third kappa shape index (κ3) is 8.02. The molecule has 0 unspecified atom stereocenters. The van der Waals surface area contributed by atoms with Crippen LogP contribution in [0.4, 0.5) is 74.6 Å². The highest BCUT2D eigenvalue weighted by Gasteiger charge is 2.95. The first-order valence-corrected chi connectivity index (χ1v) is 14.0. The Morgan fingerprint density at radius 1 is 0.610 bits per heavy atom. The van der Waals surface area contributed by atoms with Crippen molar-refractivity contribution in [2.45, 2.75) is 86.0 Å². The first-order chi connectivity index (χ1) is 17.7. The van der Waals surface area contributed by atoms with Gasteiger partial charge in [0.15, 0.2) is 21.7 Å². The molecule has 41 heavy (non-hydrogen) atoms. The van der Waals surface area contributed by atoms with Crippen LogP contribution in [-0.2, 0) is 25.8 Å². The van der Waals surface area contributed by atoms with Crippen LogP contribution in [0, 0.1) is 0 Å². The molecule has 0 saturated heterocycles. The van der Waals surface area contributed by atoms with Gasteiger partial charge in [-0.15, -0.1) is 0 Å². The molecule has 0 bridgehead atoms. The SMILES string of the molecule is CCCCCCC(=O)C[S+](C)C.O=S(=O)([O-])C(F)(F)C(F)(F)C(F)(F)C(F)(F)C(F)(F)C(F)(F)C(F)(F)C(F)(F)F. The van der Waals surface area contributed by atoms with Gasteiger partial charge in [-0.2, -0.15) is 74.6 Å². The molecule has 0 radical (unpaired) electrons. The van der Waals surface area contributed by atoms with Crippen molar-refractivity contribution >= 4 is 26.8 Å². The average molecular weight is 688 g/mol. The number of hydrogen-bond donors (Lipinski definition) is 0. The second-order valence-electron chi connectivity index (χ2n) is 8.39. The van der Waals surface area contributed by atoms with E-state index in [-0.39, 0.29) is 0 Å². The lowest BCUT2D eigenvalue weighted by Gasteiger charge is -2.42. The molecular weight excluding hydrogens is 667 g/mol. The molecular formula is C18H21F17O4S2. The lowest BCUT2D eigenvalue weighted by Crippen LogP contribution is -2.75. The average Bonchev–Trinajstić information content (AvgIpc) is 2.74. The Kier molecular flexibility index (Phi) is 13.4. The molecule has 0 aliphatic heterocycles. The zero-order chi connectivity index (χ0) is 33.9. The molecule has 248 valence electrons. The van der Waals surface area contributed by atoms with E-state index in [4.69, 9.17) is 0 Å². The standard InChI is InChI=1S/C10H21OS.C8HF17O3S/c1-4-5-6-7-8-10(11)9-12(2)3;9-1(10,3(13,14)5(17,18)7(21,22)23)2(11,12)4(15,16)6(19,20)8(24,25)29(26,27)28/h4-9H2,1-3H3;(H,26,27,28)/q+1;/p-1. The van der Waals surface area contributed by atoms with E-state index in [9.17, 15) is 92.4 Å². The Labute approximate surface area is 224 Å². The van der Waals surface area contributed by atoms with Crippen LogP contribution in [0.2, 0.25) is 0 Å². The number of Topliss-reactive ketones (excluding diaryl/α,β-unsaturated/α-hetero) is 1. The first kappa shape index (κ1) is 41.9. The van der Waals surface area contributed by atoms with Gasteiger partial charge in [0.1, 0.15) is 0 Å².